The van der Waals surface area contributed by atoms with Crippen molar-refractivity contribution in [3.8, 4) is 0 Å². The Hall–Kier alpha value is -1.84. The number of ether oxygens (including phenoxy) is 2. The second kappa shape index (κ2) is 3.91. The van der Waals surface area contributed by atoms with Crippen molar-refractivity contribution in [2.45, 2.75) is 6.61 Å². The van der Waals surface area contributed by atoms with Crippen LogP contribution in [0, 0.1) is 0 Å². The maximum Gasteiger partial charge on any atom is 0.437 e. The third-order valence-corrected chi connectivity index (χ3v) is 1.78. The SMILES string of the molecule is O=C1N=C(OCc2ccccc2)CO1. The first-order chi connectivity index (χ1) is 6.84. The normalized spacial score (nSPS) is 14.9. The van der Waals surface area contributed by atoms with Gasteiger partial charge in [-0.15, -0.1) is 4.99 Å². The van der Waals surface area contributed by atoms with Crippen LogP contribution in [0.25, 0.3) is 0 Å². The van der Waals surface area contributed by atoms with Crippen LogP contribution in [0.4, 0.5) is 4.79 Å². The van der Waals surface area contributed by atoms with Gasteiger partial charge in [0.15, 0.2) is 6.61 Å². The minimum absolute atomic E-state index is 0.145. The lowest BCUT2D eigenvalue weighted by atomic mass is 10.2. The Balaban J connectivity index is 1.89. The monoisotopic (exact) mass is 191 g/mol. The lowest BCUT2D eigenvalue weighted by molar-refractivity contribution is 0.176. The highest BCUT2D eigenvalue weighted by Gasteiger charge is 2.15. The van der Waals surface area contributed by atoms with E-state index in [0.29, 0.717) is 12.5 Å². The van der Waals surface area contributed by atoms with E-state index in [0.717, 1.165) is 5.56 Å². The van der Waals surface area contributed by atoms with Crippen molar-refractivity contribution in [2.75, 3.05) is 6.61 Å². The van der Waals surface area contributed by atoms with Crippen LogP contribution in [0.1, 0.15) is 5.56 Å². The van der Waals surface area contributed by atoms with E-state index in [-0.39, 0.29) is 6.61 Å². The Kier molecular flexibility index (Phi) is 2.44. The molecule has 0 aromatic heterocycles. The number of carbonyl (C=O) groups excluding carboxylic acids is 1. The molecule has 0 fully saturated rings. The van der Waals surface area contributed by atoms with Gasteiger partial charge in [0.2, 0.25) is 5.90 Å². The van der Waals surface area contributed by atoms with E-state index in [2.05, 4.69) is 9.73 Å². The Bertz CT molecular complexity index is 359. The van der Waals surface area contributed by atoms with Crippen LogP contribution in [0.15, 0.2) is 35.3 Å². The average Bonchev–Trinajstić information content (AvgIpc) is 2.63. The molecule has 1 aromatic carbocycles. The number of cyclic esters (lactones) is 1. The third-order valence-electron chi connectivity index (χ3n) is 1.78. The molecule has 0 atom stereocenters. The van der Waals surface area contributed by atoms with E-state index in [9.17, 15) is 4.79 Å². The molecular weight excluding hydrogens is 182 g/mol. The molecule has 1 amide bonds. The summed E-state index contributed by atoms with van der Waals surface area (Å²) in [5, 5.41) is 0. The summed E-state index contributed by atoms with van der Waals surface area (Å²) in [6, 6.07) is 9.67. The summed E-state index contributed by atoms with van der Waals surface area (Å²) < 4.78 is 9.85. The fourth-order valence-corrected chi connectivity index (χ4v) is 1.10. The molecule has 0 bridgehead atoms. The molecular formula is C10H9NO3. The van der Waals surface area contributed by atoms with Crippen LogP contribution >= 0.6 is 0 Å². The van der Waals surface area contributed by atoms with Gasteiger partial charge in [0.05, 0.1) is 0 Å². The summed E-state index contributed by atoms with van der Waals surface area (Å²) in [6.07, 6.45) is -0.576. The standard InChI is InChI=1S/C10H9NO3/c12-10-11-9(7-14-10)13-6-8-4-2-1-3-5-8/h1-5H,6-7H2. The van der Waals surface area contributed by atoms with E-state index in [1.807, 2.05) is 30.3 Å². The third kappa shape index (κ3) is 2.10. The zero-order chi connectivity index (χ0) is 9.80. The van der Waals surface area contributed by atoms with Crippen molar-refractivity contribution in [1.29, 1.82) is 0 Å². The maximum atomic E-state index is 10.6. The van der Waals surface area contributed by atoms with Gasteiger partial charge in [0.1, 0.15) is 6.61 Å². The number of rotatable bonds is 2. The molecule has 2 rings (SSSR count). The smallest absolute Gasteiger partial charge is 0.437 e. The molecule has 4 nitrogen and oxygen atoms in total. The van der Waals surface area contributed by atoms with Crippen molar-refractivity contribution in [1.82, 2.24) is 0 Å². The van der Waals surface area contributed by atoms with Crippen LogP contribution in [0.3, 0.4) is 0 Å². The Morgan fingerprint density at radius 2 is 2.14 bits per heavy atom. The highest BCUT2D eigenvalue weighted by atomic mass is 16.6. The number of aliphatic imine (C=N–C) groups is 1. The topological polar surface area (TPSA) is 47.9 Å². The van der Waals surface area contributed by atoms with E-state index < -0.39 is 6.09 Å². The number of hydrogen-bond donors (Lipinski definition) is 0. The van der Waals surface area contributed by atoms with Crippen LogP contribution in [0.5, 0.6) is 0 Å². The van der Waals surface area contributed by atoms with Gasteiger partial charge in [0, 0.05) is 0 Å². The summed E-state index contributed by atoms with van der Waals surface area (Å²) in [4.78, 5) is 14.1. The summed E-state index contributed by atoms with van der Waals surface area (Å²) in [5.74, 6) is 0.346. The fraction of sp³-hybridized carbons (Fsp3) is 0.200. The predicted octanol–water partition coefficient (Wildman–Crippen LogP) is 1.75. The molecule has 0 spiro atoms. The van der Waals surface area contributed by atoms with Gasteiger partial charge in [-0.25, -0.2) is 4.79 Å². The molecule has 1 aliphatic rings. The maximum absolute atomic E-state index is 10.6. The van der Waals surface area contributed by atoms with Crippen molar-refractivity contribution < 1.29 is 14.3 Å². The molecule has 4 heteroatoms. The highest BCUT2D eigenvalue weighted by Crippen LogP contribution is 2.04. The van der Waals surface area contributed by atoms with Crippen molar-refractivity contribution in [3.63, 3.8) is 0 Å². The first kappa shape index (κ1) is 8.74. The Labute approximate surface area is 81.2 Å². The number of hydrogen-bond acceptors (Lipinski definition) is 3. The molecule has 0 N–H and O–H groups in total. The van der Waals surface area contributed by atoms with Gasteiger partial charge < -0.3 is 9.47 Å². The predicted molar refractivity (Wildman–Crippen MR) is 50.0 cm³/mol. The lowest BCUT2D eigenvalue weighted by Crippen LogP contribution is -2.06. The van der Waals surface area contributed by atoms with E-state index in [1.54, 1.807) is 0 Å². The highest BCUT2D eigenvalue weighted by molar-refractivity contribution is 5.93. The first-order valence-electron chi connectivity index (χ1n) is 4.25. The van der Waals surface area contributed by atoms with Crippen molar-refractivity contribution in [3.05, 3.63) is 35.9 Å². The number of amides is 1. The molecule has 72 valence electrons. The van der Waals surface area contributed by atoms with Crippen LogP contribution < -0.4 is 0 Å². The number of benzene rings is 1. The van der Waals surface area contributed by atoms with Gasteiger partial charge >= 0.3 is 6.09 Å². The molecule has 0 saturated heterocycles. The van der Waals surface area contributed by atoms with Gasteiger partial charge in [-0.3, -0.25) is 0 Å². The minimum Gasteiger partial charge on any atom is -0.473 e. The van der Waals surface area contributed by atoms with Crippen LogP contribution in [0.2, 0.25) is 0 Å². The van der Waals surface area contributed by atoms with Gasteiger partial charge in [-0.2, -0.15) is 0 Å². The quantitative estimate of drug-likeness (QED) is 0.715. The average molecular weight is 191 g/mol. The molecule has 0 saturated carbocycles. The number of nitrogens with zero attached hydrogens (tertiary/aromatic N) is 1. The second-order valence-electron chi connectivity index (χ2n) is 2.83. The molecule has 1 heterocycles. The number of carbonyl (C=O) groups is 1. The summed E-state index contributed by atoms with van der Waals surface area (Å²) in [5.41, 5.74) is 1.04. The molecule has 0 unspecified atom stereocenters. The minimum atomic E-state index is -0.576. The van der Waals surface area contributed by atoms with Gasteiger partial charge in [0.25, 0.3) is 0 Å². The van der Waals surface area contributed by atoms with Gasteiger partial charge in [-0.05, 0) is 5.56 Å². The second-order valence-corrected chi connectivity index (χ2v) is 2.83. The Morgan fingerprint density at radius 3 is 2.79 bits per heavy atom. The molecule has 1 aliphatic heterocycles. The zero-order valence-corrected chi connectivity index (χ0v) is 7.47. The van der Waals surface area contributed by atoms with Crippen molar-refractivity contribution >= 4 is 12.0 Å². The summed E-state index contributed by atoms with van der Waals surface area (Å²) in [6.45, 7) is 0.558. The first-order valence-corrected chi connectivity index (χ1v) is 4.25. The largest absolute Gasteiger partial charge is 0.473 e. The van der Waals surface area contributed by atoms with E-state index in [1.165, 1.54) is 0 Å². The molecule has 1 aromatic rings. The zero-order valence-electron chi connectivity index (χ0n) is 7.47. The van der Waals surface area contributed by atoms with Gasteiger partial charge in [-0.1, -0.05) is 30.3 Å². The van der Waals surface area contributed by atoms with Crippen LogP contribution in [-0.2, 0) is 16.1 Å². The van der Waals surface area contributed by atoms with Crippen LogP contribution in [-0.4, -0.2) is 18.6 Å². The van der Waals surface area contributed by atoms with Crippen molar-refractivity contribution in [2.24, 2.45) is 4.99 Å². The lowest BCUT2D eigenvalue weighted by Gasteiger charge is -2.02. The molecule has 0 radical (unpaired) electrons. The summed E-state index contributed by atoms with van der Waals surface area (Å²) >= 11 is 0. The fourth-order valence-electron chi connectivity index (χ4n) is 1.10. The Morgan fingerprint density at radius 1 is 1.36 bits per heavy atom. The van der Waals surface area contributed by atoms with E-state index >= 15 is 0 Å². The molecule has 14 heavy (non-hydrogen) atoms. The van der Waals surface area contributed by atoms with E-state index in [4.69, 9.17) is 4.74 Å². The molecule has 0 aliphatic carbocycles. The summed E-state index contributed by atoms with van der Waals surface area (Å²) in [7, 11) is 0.